The number of benzene rings is 1. The van der Waals surface area contributed by atoms with E-state index in [1.807, 2.05) is 19.9 Å². The molecule has 0 aliphatic carbocycles. The fourth-order valence-corrected chi connectivity index (χ4v) is 1.54. The van der Waals surface area contributed by atoms with E-state index < -0.39 is 0 Å². The van der Waals surface area contributed by atoms with Gasteiger partial charge < -0.3 is 9.84 Å². The van der Waals surface area contributed by atoms with Crippen LogP contribution < -0.4 is 5.32 Å². The van der Waals surface area contributed by atoms with Crippen LogP contribution in [0.2, 0.25) is 0 Å². The van der Waals surface area contributed by atoms with E-state index in [1.54, 1.807) is 6.07 Å². The highest BCUT2D eigenvalue weighted by molar-refractivity contribution is 5.44. The first-order chi connectivity index (χ1) is 7.66. The first kappa shape index (κ1) is 10.7. The Kier molecular flexibility index (Phi) is 2.90. The number of hydrogen-bond donors (Lipinski definition) is 1. The Balaban J connectivity index is 2.08. The Morgan fingerprint density at radius 3 is 2.81 bits per heavy atom. The molecule has 0 aliphatic rings. The van der Waals surface area contributed by atoms with Crippen molar-refractivity contribution in [3.05, 3.63) is 47.1 Å². The van der Waals surface area contributed by atoms with Crippen molar-refractivity contribution in [3.63, 3.8) is 0 Å². The van der Waals surface area contributed by atoms with Crippen molar-refractivity contribution in [1.29, 1.82) is 0 Å². The number of anilines is 1. The number of rotatable bonds is 3. The van der Waals surface area contributed by atoms with Gasteiger partial charge in [0.05, 0.1) is 5.69 Å². The number of hydrogen-bond acceptors (Lipinski definition) is 3. The van der Waals surface area contributed by atoms with E-state index in [4.69, 9.17) is 4.52 Å². The molecule has 4 heteroatoms. The molecule has 3 nitrogen and oxygen atoms in total. The Morgan fingerprint density at radius 2 is 2.19 bits per heavy atom. The van der Waals surface area contributed by atoms with E-state index in [2.05, 4.69) is 10.5 Å². The average Bonchev–Trinajstić information content (AvgIpc) is 2.56. The summed E-state index contributed by atoms with van der Waals surface area (Å²) in [6.45, 7) is 4.34. The van der Waals surface area contributed by atoms with Crippen molar-refractivity contribution in [1.82, 2.24) is 5.16 Å². The van der Waals surface area contributed by atoms with Crippen LogP contribution in [0.25, 0.3) is 0 Å². The minimum Gasteiger partial charge on any atom is -0.381 e. The molecule has 0 atom stereocenters. The molecule has 84 valence electrons. The van der Waals surface area contributed by atoms with E-state index >= 15 is 0 Å². The summed E-state index contributed by atoms with van der Waals surface area (Å²) in [5.74, 6) is 0.546. The monoisotopic (exact) mass is 220 g/mol. The molecule has 0 aliphatic heterocycles. The minimum atomic E-state index is -0.247. The highest BCUT2D eigenvalue weighted by Crippen LogP contribution is 2.15. The Bertz CT molecular complexity index is 474. The summed E-state index contributed by atoms with van der Waals surface area (Å²) in [7, 11) is 0. The third-order valence-corrected chi connectivity index (χ3v) is 2.48. The quantitative estimate of drug-likeness (QED) is 0.863. The second-order valence-corrected chi connectivity index (χ2v) is 3.67. The zero-order valence-electron chi connectivity index (χ0n) is 9.25. The van der Waals surface area contributed by atoms with E-state index in [9.17, 15) is 4.39 Å². The molecule has 0 unspecified atom stereocenters. The predicted molar refractivity (Wildman–Crippen MR) is 59.7 cm³/mol. The van der Waals surface area contributed by atoms with Crippen molar-refractivity contribution in [2.45, 2.75) is 20.4 Å². The van der Waals surface area contributed by atoms with Crippen molar-refractivity contribution in [2.75, 3.05) is 5.32 Å². The summed E-state index contributed by atoms with van der Waals surface area (Å²) < 4.78 is 18.0. The first-order valence-corrected chi connectivity index (χ1v) is 5.08. The minimum absolute atomic E-state index is 0.247. The molecular formula is C12H13FN2O. The second kappa shape index (κ2) is 4.35. The third-order valence-electron chi connectivity index (χ3n) is 2.48. The zero-order valence-corrected chi connectivity index (χ0v) is 9.25. The van der Waals surface area contributed by atoms with Gasteiger partial charge in [0.1, 0.15) is 11.6 Å². The predicted octanol–water partition coefficient (Wildman–Crippen LogP) is 3.04. The highest BCUT2D eigenvalue weighted by atomic mass is 19.1. The molecule has 0 saturated heterocycles. The van der Waals surface area contributed by atoms with E-state index in [1.165, 1.54) is 12.1 Å². The maximum Gasteiger partial charge on any atom is 0.138 e. The molecule has 1 aromatic heterocycles. The van der Waals surface area contributed by atoms with E-state index in [0.717, 1.165) is 22.7 Å². The SMILES string of the molecule is Cc1noc(C)c1CNc1cccc(F)c1. The van der Waals surface area contributed by atoms with Crippen LogP contribution in [0.1, 0.15) is 17.0 Å². The van der Waals surface area contributed by atoms with Gasteiger partial charge in [0.25, 0.3) is 0 Å². The van der Waals surface area contributed by atoms with Crippen LogP contribution in [-0.4, -0.2) is 5.16 Å². The molecule has 1 heterocycles. The molecule has 16 heavy (non-hydrogen) atoms. The van der Waals surface area contributed by atoms with Crippen LogP contribution in [0.4, 0.5) is 10.1 Å². The highest BCUT2D eigenvalue weighted by Gasteiger charge is 2.08. The van der Waals surface area contributed by atoms with Crippen LogP contribution in [0.3, 0.4) is 0 Å². The van der Waals surface area contributed by atoms with Crippen molar-refractivity contribution in [3.8, 4) is 0 Å². The van der Waals surface area contributed by atoms with Crippen LogP contribution in [0.5, 0.6) is 0 Å². The van der Waals surface area contributed by atoms with E-state index in [-0.39, 0.29) is 5.82 Å². The van der Waals surface area contributed by atoms with Crippen LogP contribution in [-0.2, 0) is 6.54 Å². The van der Waals surface area contributed by atoms with Gasteiger partial charge >= 0.3 is 0 Å². The van der Waals surface area contributed by atoms with Crippen molar-refractivity contribution < 1.29 is 8.91 Å². The second-order valence-electron chi connectivity index (χ2n) is 3.67. The summed E-state index contributed by atoms with van der Waals surface area (Å²) in [5, 5.41) is 6.99. The molecule has 0 amide bonds. The molecule has 0 fully saturated rings. The summed E-state index contributed by atoms with van der Waals surface area (Å²) in [6, 6.07) is 6.37. The van der Waals surface area contributed by atoms with E-state index in [0.29, 0.717) is 6.54 Å². The molecule has 0 radical (unpaired) electrons. The van der Waals surface area contributed by atoms with Gasteiger partial charge in [-0.25, -0.2) is 4.39 Å². The maximum absolute atomic E-state index is 12.9. The number of halogens is 1. The molecule has 0 bridgehead atoms. The molecule has 1 aromatic carbocycles. The third kappa shape index (κ3) is 2.21. The summed E-state index contributed by atoms with van der Waals surface area (Å²) in [5.41, 5.74) is 2.63. The number of aromatic nitrogens is 1. The zero-order chi connectivity index (χ0) is 11.5. The van der Waals surface area contributed by atoms with Crippen LogP contribution in [0, 0.1) is 19.7 Å². The number of nitrogens with zero attached hydrogens (tertiary/aromatic N) is 1. The van der Waals surface area contributed by atoms with Gasteiger partial charge in [-0.3, -0.25) is 0 Å². The van der Waals surface area contributed by atoms with Gasteiger partial charge in [-0.15, -0.1) is 0 Å². The molecule has 0 saturated carbocycles. The standard InChI is InChI=1S/C12H13FN2O/c1-8-12(9(2)16-15-8)7-14-11-5-3-4-10(13)6-11/h3-6,14H,7H2,1-2H3. The molecular weight excluding hydrogens is 207 g/mol. The fourth-order valence-electron chi connectivity index (χ4n) is 1.54. The molecule has 1 N–H and O–H groups in total. The van der Waals surface area contributed by atoms with Gasteiger partial charge in [-0.1, -0.05) is 11.2 Å². The fraction of sp³-hybridized carbons (Fsp3) is 0.250. The number of aryl methyl sites for hydroxylation is 2. The summed E-state index contributed by atoms with van der Waals surface area (Å²) in [6.07, 6.45) is 0. The van der Waals surface area contributed by atoms with Gasteiger partial charge in [0.2, 0.25) is 0 Å². The normalized spacial score (nSPS) is 10.4. The van der Waals surface area contributed by atoms with Gasteiger partial charge in [-0.2, -0.15) is 0 Å². The van der Waals surface area contributed by atoms with Crippen molar-refractivity contribution in [2.24, 2.45) is 0 Å². The molecule has 2 aromatic rings. The number of nitrogens with one attached hydrogen (secondary N) is 1. The topological polar surface area (TPSA) is 38.1 Å². The Morgan fingerprint density at radius 1 is 1.38 bits per heavy atom. The smallest absolute Gasteiger partial charge is 0.138 e. The Hall–Kier alpha value is -1.84. The lowest BCUT2D eigenvalue weighted by Crippen LogP contribution is -2.01. The van der Waals surface area contributed by atoms with Crippen molar-refractivity contribution >= 4 is 5.69 Å². The lowest BCUT2D eigenvalue weighted by atomic mass is 10.2. The first-order valence-electron chi connectivity index (χ1n) is 5.08. The maximum atomic E-state index is 12.9. The summed E-state index contributed by atoms with van der Waals surface area (Å²) >= 11 is 0. The molecule has 0 spiro atoms. The van der Waals surface area contributed by atoms with Gasteiger partial charge in [0, 0.05) is 17.8 Å². The van der Waals surface area contributed by atoms with Crippen LogP contribution in [0.15, 0.2) is 28.8 Å². The lowest BCUT2D eigenvalue weighted by molar-refractivity contribution is 0.392. The Labute approximate surface area is 93.3 Å². The molecule has 2 rings (SSSR count). The average molecular weight is 220 g/mol. The summed E-state index contributed by atoms with van der Waals surface area (Å²) in [4.78, 5) is 0. The van der Waals surface area contributed by atoms with Gasteiger partial charge in [0.15, 0.2) is 0 Å². The largest absolute Gasteiger partial charge is 0.381 e. The van der Waals surface area contributed by atoms with Crippen LogP contribution >= 0.6 is 0 Å². The van der Waals surface area contributed by atoms with Gasteiger partial charge in [-0.05, 0) is 32.0 Å². The lowest BCUT2D eigenvalue weighted by Gasteiger charge is -2.05.